The summed E-state index contributed by atoms with van der Waals surface area (Å²) in [6, 6.07) is 17.9. The first-order chi connectivity index (χ1) is 15.0. The average molecular weight is 445 g/mol. The molecule has 1 fully saturated rings. The van der Waals surface area contributed by atoms with Gasteiger partial charge in [-0.1, -0.05) is 55.0 Å². The molecule has 3 rings (SSSR count). The molecule has 31 heavy (non-hydrogen) atoms. The molecule has 0 spiro atoms. The molecule has 2 unspecified atom stereocenters. The van der Waals surface area contributed by atoms with E-state index >= 15 is 0 Å². The van der Waals surface area contributed by atoms with Crippen molar-refractivity contribution in [3.8, 4) is 5.75 Å². The first-order valence-corrected chi connectivity index (χ1v) is 12.2. The third-order valence-corrected chi connectivity index (χ3v) is 6.98. The SMILES string of the molecule is CC(OP(=O)(CCNC(=O)OCc1ccccc1)Oc1ccccc1)C(=O)C1CCC1. The van der Waals surface area contributed by atoms with Crippen LogP contribution >= 0.6 is 7.60 Å². The first-order valence-electron chi connectivity index (χ1n) is 10.5. The van der Waals surface area contributed by atoms with Gasteiger partial charge < -0.3 is 14.6 Å². The van der Waals surface area contributed by atoms with Crippen molar-refractivity contribution < 1.29 is 27.9 Å². The summed E-state index contributed by atoms with van der Waals surface area (Å²) in [4.78, 5) is 24.4. The Hall–Kier alpha value is -2.63. The van der Waals surface area contributed by atoms with E-state index in [0.29, 0.717) is 5.75 Å². The van der Waals surface area contributed by atoms with E-state index < -0.39 is 19.8 Å². The van der Waals surface area contributed by atoms with Crippen LogP contribution < -0.4 is 9.84 Å². The second kappa shape index (κ2) is 11.1. The van der Waals surface area contributed by atoms with Gasteiger partial charge in [-0.3, -0.25) is 9.32 Å². The number of carbonyl (C=O) groups is 2. The molecule has 0 bridgehead atoms. The van der Waals surface area contributed by atoms with Gasteiger partial charge >= 0.3 is 13.7 Å². The second-order valence-corrected chi connectivity index (χ2v) is 9.57. The molecule has 0 radical (unpaired) electrons. The minimum absolute atomic E-state index is 0.0159. The first kappa shape index (κ1) is 23.0. The summed E-state index contributed by atoms with van der Waals surface area (Å²) in [5, 5.41) is 2.56. The maximum atomic E-state index is 13.4. The van der Waals surface area contributed by atoms with E-state index in [-0.39, 0.29) is 31.0 Å². The lowest BCUT2D eigenvalue weighted by atomic mass is 9.81. The number of Topliss-reactive ketones (excluding diaryl/α,β-unsaturated/α-hetero) is 1. The van der Waals surface area contributed by atoms with E-state index in [0.717, 1.165) is 24.8 Å². The van der Waals surface area contributed by atoms with Gasteiger partial charge in [-0.05, 0) is 37.5 Å². The summed E-state index contributed by atoms with van der Waals surface area (Å²) < 4.78 is 29.9. The van der Waals surface area contributed by atoms with Gasteiger partial charge in [0.05, 0.1) is 6.16 Å². The van der Waals surface area contributed by atoms with E-state index in [2.05, 4.69) is 5.32 Å². The van der Waals surface area contributed by atoms with E-state index in [1.165, 1.54) is 0 Å². The summed E-state index contributed by atoms with van der Waals surface area (Å²) in [6.45, 7) is 1.75. The normalized spacial score (nSPS) is 16.4. The average Bonchev–Trinajstić information content (AvgIpc) is 2.72. The summed E-state index contributed by atoms with van der Waals surface area (Å²) in [6.07, 6.45) is 1.13. The van der Waals surface area contributed by atoms with E-state index in [9.17, 15) is 14.2 Å². The van der Waals surface area contributed by atoms with Gasteiger partial charge in [0.25, 0.3) is 0 Å². The third kappa shape index (κ3) is 7.23. The van der Waals surface area contributed by atoms with Crippen LogP contribution in [0.3, 0.4) is 0 Å². The Balaban J connectivity index is 1.54. The Kier molecular flexibility index (Phi) is 8.27. The number of ketones is 1. The van der Waals surface area contributed by atoms with Crippen LogP contribution in [0, 0.1) is 5.92 Å². The highest BCUT2D eigenvalue weighted by atomic mass is 31.2. The van der Waals surface area contributed by atoms with Crippen LogP contribution in [0.4, 0.5) is 4.79 Å². The lowest BCUT2D eigenvalue weighted by molar-refractivity contribution is -0.131. The number of hydrogen-bond donors (Lipinski definition) is 1. The Morgan fingerprint density at radius 2 is 1.71 bits per heavy atom. The number of benzene rings is 2. The van der Waals surface area contributed by atoms with Crippen molar-refractivity contribution in [3.63, 3.8) is 0 Å². The van der Waals surface area contributed by atoms with Crippen molar-refractivity contribution in [3.05, 3.63) is 66.2 Å². The lowest BCUT2D eigenvalue weighted by Gasteiger charge is -2.28. The quantitative estimate of drug-likeness (QED) is 0.492. The molecule has 0 saturated heterocycles. The molecule has 0 aliphatic heterocycles. The van der Waals surface area contributed by atoms with Crippen molar-refractivity contribution in [2.45, 2.75) is 38.9 Å². The number of alkyl carbamates (subject to hydrolysis) is 1. The van der Waals surface area contributed by atoms with Crippen molar-refractivity contribution in [2.75, 3.05) is 12.7 Å². The molecule has 1 N–H and O–H groups in total. The summed E-state index contributed by atoms with van der Waals surface area (Å²) >= 11 is 0. The Bertz CT molecular complexity index is 901. The molecular formula is C23H28NO6P. The van der Waals surface area contributed by atoms with Crippen molar-refractivity contribution >= 4 is 19.5 Å². The van der Waals surface area contributed by atoms with Crippen molar-refractivity contribution in [1.82, 2.24) is 5.32 Å². The molecule has 2 aromatic rings. The highest BCUT2D eigenvalue weighted by Crippen LogP contribution is 2.49. The Labute approximate surface area is 182 Å². The number of rotatable bonds is 11. The highest BCUT2D eigenvalue weighted by molar-refractivity contribution is 7.54. The van der Waals surface area contributed by atoms with Crippen LogP contribution in [-0.4, -0.2) is 30.7 Å². The summed E-state index contributed by atoms with van der Waals surface area (Å²) in [7, 11) is -3.70. The molecule has 1 aliphatic carbocycles. The minimum Gasteiger partial charge on any atom is -0.445 e. The molecule has 1 saturated carbocycles. The summed E-state index contributed by atoms with van der Waals surface area (Å²) in [5.74, 6) is 0.283. The zero-order valence-electron chi connectivity index (χ0n) is 17.6. The lowest BCUT2D eigenvalue weighted by Crippen LogP contribution is -2.33. The molecule has 2 atom stereocenters. The van der Waals surface area contributed by atoms with Crippen LogP contribution in [0.5, 0.6) is 5.75 Å². The summed E-state index contributed by atoms with van der Waals surface area (Å²) in [5.41, 5.74) is 0.863. The Morgan fingerprint density at radius 1 is 1.06 bits per heavy atom. The molecule has 0 heterocycles. The minimum atomic E-state index is -3.70. The number of amides is 1. The maximum Gasteiger partial charge on any atom is 0.407 e. The molecular weight excluding hydrogens is 417 g/mol. The zero-order valence-corrected chi connectivity index (χ0v) is 18.5. The third-order valence-electron chi connectivity index (χ3n) is 5.08. The second-order valence-electron chi connectivity index (χ2n) is 7.51. The van der Waals surface area contributed by atoms with Gasteiger partial charge in [0, 0.05) is 12.5 Å². The largest absolute Gasteiger partial charge is 0.445 e. The number of carbonyl (C=O) groups excluding carboxylic acids is 2. The van der Waals surface area contributed by atoms with Gasteiger partial charge in [0.1, 0.15) is 18.5 Å². The van der Waals surface area contributed by atoms with E-state index in [4.69, 9.17) is 13.8 Å². The predicted octanol–water partition coefficient (Wildman–Crippen LogP) is 4.96. The number of para-hydroxylation sites is 1. The molecule has 0 aromatic heterocycles. The van der Waals surface area contributed by atoms with Crippen LogP contribution in [-0.2, 0) is 25.2 Å². The predicted molar refractivity (Wildman–Crippen MR) is 117 cm³/mol. The monoisotopic (exact) mass is 445 g/mol. The molecule has 8 heteroatoms. The Morgan fingerprint density at radius 3 is 2.32 bits per heavy atom. The van der Waals surface area contributed by atoms with Gasteiger partial charge in [0.2, 0.25) is 0 Å². The van der Waals surface area contributed by atoms with Crippen LogP contribution in [0.1, 0.15) is 31.7 Å². The smallest absolute Gasteiger partial charge is 0.407 e. The van der Waals surface area contributed by atoms with Crippen LogP contribution in [0.15, 0.2) is 60.7 Å². The number of ether oxygens (including phenoxy) is 1. The van der Waals surface area contributed by atoms with Gasteiger partial charge in [-0.15, -0.1) is 0 Å². The van der Waals surface area contributed by atoms with Gasteiger partial charge in [0.15, 0.2) is 5.78 Å². The molecule has 1 amide bonds. The molecule has 166 valence electrons. The van der Waals surface area contributed by atoms with E-state index in [1.54, 1.807) is 31.2 Å². The topological polar surface area (TPSA) is 90.9 Å². The van der Waals surface area contributed by atoms with Crippen LogP contribution in [0.2, 0.25) is 0 Å². The number of nitrogens with one attached hydrogen (secondary N) is 1. The van der Waals surface area contributed by atoms with Gasteiger partial charge in [-0.2, -0.15) is 0 Å². The maximum absolute atomic E-state index is 13.4. The fourth-order valence-corrected chi connectivity index (χ4v) is 4.80. The fourth-order valence-electron chi connectivity index (χ4n) is 3.15. The fraction of sp³-hybridized carbons (Fsp3) is 0.391. The highest BCUT2D eigenvalue weighted by Gasteiger charge is 2.36. The van der Waals surface area contributed by atoms with Gasteiger partial charge in [-0.25, -0.2) is 9.36 Å². The van der Waals surface area contributed by atoms with Crippen molar-refractivity contribution in [2.24, 2.45) is 5.92 Å². The van der Waals surface area contributed by atoms with Crippen LogP contribution in [0.25, 0.3) is 0 Å². The van der Waals surface area contributed by atoms with E-state index in [1.807, 2.05) is 36.4 Å². The zero-order chi connectivity index (χ0) is 22.1. The molecule has 1 aliphatic rings. The molecule has 2 aromatic carbocycles. The molecule has 7 nitrogen and oxygen atoms in total. The standard InChI is InChI=1S/C23H28NO6P/c1-18(22(25)20-11-8-12-20)29-31(27,30-21-13-6-3-7-14-21)16-15-24-23(26)28-17-19-9-4-2-5-10-19/h2-7,9-10,13-14,18,20H,8,11-12,15-17H2,1H3,(H,24,26). The number of hydrogen-bond acceptors (Lipinski definition) is 6. The van der Waals surface area contributed by atoms with Crippen molar-refractivity contribution in [1.29, 1.82) is 0 Å².